The Labute approximate surface area is 169 Å². The average molecular weight is 397 g/mol. The summed E-state index contributed by atoms with van der Waals surface area (Å²) >= 11 is 1.60. The number of rotatable bonds is 6. The van der Waals surface area contributed by atoms with Crippen molar-refractivity contribution in [1.29, 1.82) is 0 Å². The van der Waals surface area contributed by atoms with Crippen molar-refractivity contribution in [1.82, 2.24) is 9.88 Å². The van der Waals surface area contributed by atoms with Gasteiger partial charge in [0.25, 0.3) is 0 Å². The van der Waals surface area contributed by atoms with Crippen LogP contribution >= 0.6 is 11.3 Å². The van der Waals surface area contributed by atoms with E-state index >= 15 is 0 Å². The van der Waals surface area contributed by atoms with E-state index < -0.39 is 0 Å². The number of hydrogen-bond acceptors (Lipinski definition) is 5. The molecule has 146 valence electrons. The number of thiazole rings is 1. The van der Waals surface area contributed by atoms with E-state index in [0.717, 1.165) is 62.5 Å². The van der Waals surface area contributed by atoms with Crippen LogP contribution in [0.4, 0.5) is 15.2 Å². The second-order valence-electron chi connectivity index (χ2n) is 7.10. The number of benzene rings is 2. The molecule has 0 spiro atoms. The molecule has 1 aliphatic rings. The maximum Gasteiger partial charge on any atom is 0.180 e. The van der Waals surface area contributed by atoms with E-state index in [2.05, 4.69) is 26.9 Å². The zero-order chi connectivity index (χ0) is 19.3. The van der Waals surface area contributed by atoms with E-state index in [9.17, 15) is 4.39 Å². The van der Waals surface area contributed by atoms with E-state index in [1.54, 1.807) is 11.3 Å². The summed E-state index contributed by atoms with van der Waals surface area (Å²) in [6.45, 7) is 5.10. The van der Waals surface area contributed by atoms with Gasteiger partial charge in [-0.15, -0.1) is 11.3 Å². The molecule has 28 heavy (non-hydrogen) atoms. The van der Waals surface area contributed by atoms with Crippen molar-refractivity contribution in [2.24, 2.45) is 0 Å². The lowest BCUT2D eigenvalue weighted by Crippen LogP contribution is -2.46. The van der Waals surface area contributed by atoms with Crippen LogP contribution < -0.4 is 10.6 Å². The first-order valence-corrected chi connectivity index (χ1v) is 10.5. The maximum atomic E-state index is 13.1. The maximum absolute atomic E-state index is 13.1. The van der Waals surface area contributed by atoms with E-state index in [4.69, 9.17) is 5.73 Å². The smallest absolute Gasteiger partial charge is 0.180 e. The number of hydrogen-bond donors (Lipinski definition) is 1. The summed E-state index contributed by atoms with van der Waals surface area (Å²) in [5.74, 6) is -0.180. The predicted molar refractivity (Wildman–Crippen MR) is 115 cm³/mol. The second kappa shape index (κ2) is 8.71. The Hall–Kier alpha value is -2.44. The summed E-state index contributed by atoms with van der Waals surface area (Å²) in [6.07, 6.45) is 2.09. The number of aromatic nitrogens is 1. The molecule has 0 unspecified atom stereocenters. The van der Waals surface area contributed by atoms with Gasteiger partial charge >= 0.3 is 0 Å². The largest absolute Gasteiger partial charge is 0.375 e. The van der Waals surface area contributed by atoms with Gasteiger partial charge in [0.15, 0.2) is 5.13 Å². The summed E-state index contributed by atoms with van der Waals surface area (Å²) in [4.78, 5) is 10.7. The molecule has 3 aromatic rings. The minimum absolute atomic E-state index is 0.180. The molecule has 0 saturated carbocycles. The van der Waals surface area contributed by atoms with Crippen LogP contribution in [0.25, 0.3) is 11.3 Å². The normalized spacial score (nSPS) is 15.1. The van der Waals surface area contributed by atoms with Crippen molar-refractivity contribution in [3.63, 3.8) is 0 Å². The fourth-order valence-electron chi connectivity index (χ4n) is 3.71. The summed E-state index contributed by atoms with van der Waals surface area (Å²) in [7, 11) is 0. The van der Waals surface area contributed by atoms with Crippen LogP contribution in [0, 0.1) is 5.82 Å². The molecule has 2 N–H and O–H groups in total. The molecule has 4 rings (SSSR count). The van der Waals surface area contributed by atoms with Crippen molar-refractivity contribution in [2.45, 2.75) is 12.8 Å². The fourth-order valence-corrected chi connectivity index (χ4v) is 4.60. The SMILES string of the molecule is Nc1nc(-c2ccccc2)c(CCCN2CCN(c3ccc(F)cc3)CC2)s1. The highest BCUT2D eigenvalue weighted by Gasteiger charge is 2.18. The van der Waals surface area contributed by atoms with Gasteiger partial charge in [-0.05, 0) is 43.7 Å². The lowest BCUT2D eigenvalue weighted by molar-refractivity contribution is 0.255. The molecule has 4 nitrogen and oxygen atoms in total. The first kappa shape index (κ1) is 18.9. The van der Waals surface area contributed by atoms with Crippen molar-refractivity contribution >= 4 is 22.2 Å². The minimum Gasteiger partial charge on any atom is -0.375 e. The lowest BCUT2D eigenvalue weighted by Gasteiger charge is -2.36. The second-order valence-corrected chi connectivity index (χ2v) is 8.21. The van der Waals surface area contributed by atoms with E-state index in [-0.39, 0.29) is 5.82 Å². The number of aryl methyl sites for hydroxylation is 1. The highest BCUT2D eigenvalue weighted by molar-refractivity contribution is 7.15. The molecule has 0 atom stereocenters. The van der Waals surface area contributed by atoms with Crippen LogP contribution in [0.15, 0.2) is 54.6 Å². The Morgan fingerprint density at radius 3 is 2.39 bits per heavy atom. The summed E-state index contributed by atoms with van der Waals surface area (Å²) < 4.78 is 13.1. The van der Waals surface area contributed by atoms with Crippen molar-refractivity contribution < 1.29 is 4.39 Å². The molecule has 1 aromatic heterocycles. The van der Waals surface area contributed by atoms with Crippen LogP contribution in [0.2, 0.25) is 0 Å². The molecule has 1 fully saturated rings. The van der Waals surface area contributed by atoms with Gasteiger partial charge in [-0.3, -0.25) is 4.90 Å². The number of nitrogens with zero attached hydrogens (tertiary/aromatic N) is 3. The Morgan fingerprint density at radius 1 is 0.964 bits per heavy atom. The quantitative estimate of drug-likeness (QED) is 0.675. The minimum atomic E-state index is -0.180. The van der Waals surface area contributed by atoms with Gasteiger partial charge in [0.2, 0.25) is 0 Å². The Kier molecular flexibility index (Phi) is 5.88. The number of anilines is 2. The Morgan fingerprint density at radius 2 is 1.68 bits per heavy atom. The molecule has 1 aliphatic heterocycles. The Balaban J connectivity index is 1.28. The summed E-state index contributed by atoms with van der Waals surface area (Å²) in [5, 5.41) is 0.641. The zero-order valence-electron chi connectivity index (χ0n) is 15.9. The number of halogens is 1. The first-order chi connectivity index (χ1) is 13.7. The summed E-state index contributed by atoms with van der Waals surface area (Å²) in [5.41, 5.74) is 9.25. The molecule has 6 heteroatoms. The van der Waals surface area contributed by atoms with Crippen molar-refractivity contribution in [2.75, 3.05) is 43.4 Å². The lowest BCUT2D eigenvalue weighted by atomic mass is 10.1. The van der Waals surface area contributed by atoms with Gasteiger partial charge in [-0.2, -0.15) is 0 Å². The molecule has 1 saturated heterocycles. The van der Waals surface area contributed by atoms with Gasteiger partial charge in [-0.25, -0.2) is 9.37 Å². The number of nitrogens with two attached hydrogens (primary N) is 1. The standard InChI is InChI=1S/C22H25FN4S/c23-18-8-10-19(11-9-18)27-15-13-26(14-16-27)12-4-7-20-21(25-22(24)28-20)17-5-2-1-3-6-17/h1-3,5-6,8-11H,4,7,12-16H2,(H2,24,25). The molecule has 0 aliphatic carbocycles. The third kappa shape index (κ3) is 4.51. The summed E-state index contributed by atoms with van der Waals surface area (Å²) in [6, 6.07) is 17.1. The van der Waals surface area contributed by atoms with Crippen LogP contribution in [-0.4, -0.2) is 42.6 Å². The van der Waals surface area contributed by atoms with Gasteiger partial charge in [0, 0.05) is 42.3 Å². The fraction of sp³-hybridized carbons (Fsp3) is 0.318. The van der Waals surface area contributed by atoms with Gasteiger partial charge in [-0.1, -0.05) is 30.3 Å². The van der Waals surface area contributed by atoms with E-state index in [1.165, 1.54) is 17.0 Å². The zero-order valence-corrected chi connectivity index (χ0v) is 16.7. The molecular formula is C22H25FN4S. The third-order valence-corrected chi connectivity index (χ3v) is 6.15. The van der Waals surface area contributed by atoms with Gasteiger partial charge in [0.1, 0.15) is 5.82 Å². The van der Waals surface area contributed by atoms with Crippen LogP contribution in [0.5, 0.6) is 0 Å². The van der Waals surface area contributed by atoms with Crippen LogP contribution in [-0.2, 0) is 6.42 Å². The first-order valence-electron chi connectivity index (χ1n) is 9.72. The van der Waals surface area contributed by atoms with E-state index in [0.29, 0.717) is 5.13 Å². The molecule has 0 bridgehead atoms. The van der Waals surface area contributed by atoms with Gasteiger partial charge in [0.05, 0.1) is 5.69 Å². The van der Waals surface area contributed by atoms with Crippen LogP contribution in [0.1, 0.15) is 11.3 Å². The molecule has 0 amide bonds. The monoisotopic (exact) mass is 396 g/mol. The van der Waals surface area contributed by atoms with Gasteiger partial charge < -0.3 is 10.6 Å². The van der Waals surface area contributed by atoms with Crippen molar-refractivity contribution in [3.05, 3.63) is 65.3 Å². The molecule has 0 radical (unpaired) electrons. The average Bonchev–Trinajstić information content (AvgIpc) is 3.10. The van der Waals surface area contributed by atoms with Crippen LogP contribution in [0.3, 0.4) is 0 Å². The third-order valence-electron chi connectivity index (χ3n) is 5.20. The number of piperazine rings is 1. The Bertz CT molecular complexity index is 887. The highest BCUT2D eigenvalue weighted by atomic mass is 32.1. The predicted octanol–water partition coefficient (Wildman–Crippen LogP) is 4.29. The highest BCUT2D eigenvalue weighted by Crippen LogP contribution is 2.30. The topological polar surface area (TPSA) is 45.4 Å². The molecular weight excluding hydrogens is 371 g/mol. The van der Waals surface area contributed by atoms with E-state index in [1.807, 2.05) is 30.3 Å². The molecule has 2 heterocycles. The molecule has 2 aromatic carbocycles. The number of nitrogen functional groups attached to an aromatic ring is 1. The van der Waals surface area contributed by atoms with Crippen molar-refractivity contribution in [3.8, 4) is 11.3 Å².